The number of hydrogen-bond acceptors (Lipinski definition) is 2. The summed E-state index contributed by atoms with van der Waals surface area (Å²) in [5.41, 5.74) is 1.07. The zero-order valence-corrected chi connectivity index (χ0v) is 21.4. The average Bonchev–Trinajstić information content (AvgIpc) is 3.33. The summed E-state index contributed by atoms with van der Waals surface area (Å²) in [6, 6.07) is 5.87. The van der Waals surface area contributed by atoms with Crippen LogP contribution in [0.3, 0.4) is 0 Å². The van der Waals surface area contributed by atoms with Gasteiger partial charge in [0.25, 0.3) is 0 Å². The molecule has 30 heavy (non-hydrogen) atoms. The molecule has 5 atom stereocenters. The van der Waals surface area contributed by atoms with Crippen LogP contribution in [0.4, 0.5) is 0 Å². The summed E-state index contributed by atoms with van der Waals surface area (Å²) < 4.78 is 15.6. The van der Waals surface area contributed by atoms with Crippen molar-refractivity contribution in [1.82, 2.24) is 4.72 Å². The van der Waals surface area contributed by atoms with Crippen molar-refractivity contribution < 1.29 is 14.1 Å². The summed E-state index contributed by atoms with van der Waals surface area (Å²) >= 11 is 6.73. The Morgan fingerprint density at radius 3 is 2.10 bits per heavy atom. The Labute approximate surface area is 189 Å². The molecule has 1 saturated carbocycles. The first-order chi connectivity index (χ1) is 13.5. The zero-order chi connectivity index (χ0) is 23.2. The van der Waals surface area contributed by atoms with Gasteiger partial charge in [-0.15, -0.1) is 0 Å². The molecule has 170 valence electrons. The Morgan fingerprint density at radius 2 is 1.73 bits per heavy atom. The lowest BCUT2D eigenvalue weighted by atomic mass is 9.74. The summed E-state index contributed by atoms with van der Waals surface area (Å²) in [5, 5.41) is 10.7. The topological polar surface area (TPSA) is 66.4 Å². The molecule has 2 rings (SSSR count). The number of nitrogens with one attached hydrogen (secondary N) is 1. The standard InChI is InChI=1S/C24H38ClNO3S/c1-14(2)20(21(27)28)24(9,26-30(29)23(6,7)8)15-10-11-16(19(25)12-15)17-13-18(17)22(3,4)5/h10-12,14,17-18,20,26H,13H2,1-9H3,(H,27,28)/t17-,18+,20?,24?,30?/m0/s1. The van der Waals surface area contributed by atoms with E-state index in [0.29, 0.717) is 16.9 Å². The van der Waals surface area contributed by atoms with Gasteiger partial charge in [-0.05, 0) is 74.5 Å². The van der Waals surface area contributed by atoms with Crippen LogP contribution in [0.25, 0.3) is 0 Å². The van der Waals surface area contributed by atoms with E-state index in [1.165, 1.54) is 0 Å². The monoisotopic (exact) mass is 455 g/mol. The van der Waals surface area contributed by atoms with Crippen LogP contribution in [0.1, 0.15) is 85.8 Å². The van der Waals surface area contributed by atoms with Crippen molar-refractivity contribution in [2.24, 2.45) is 23.2 Å². The third-order valence-electron chi connectivity index (χ3n) is 6.32. The van der Waals surface area contributed by atoms with Crippen LogP contribution < -0.4 is 4.72 Å². The lowest BCUT2D eigenvalue weighted by Crippen LogP contribution is -2.54. The molecule has 0 aliphatic heterocycles. The molecule has 0 bridgehead atoms. The van der Waals surface area contributed by atoms with E-state index in [2.05, 4.69) is 25.5 Å². The highest BCUT2D eigenvalue weighted by Gasteiger charge is 2.48. The molecule has 1 fully saturated rings. The molecule has 1 aromatic carbocycles. The lowest BCUT2D eigenvalue weighted by Gasteiger charge is -2.40. The smallest absolute Gasteiger partial charge is 0.309 e. The highest BCUT2D eigenvalue weighted by atomic mass is 35.5. The van der Waals surface area contributed by atoms with E-state index in [1.54, 1.807) is 0 Å². The Morgan fingerprint density at radius 1 is 1.17 bits per heavy atom. The Hall–Kier alpha value is -0.910. The van der Waals surface area contributed by atoms with Crippen LogP contribution in [0.2, 0.25) is 5.02 Å². The third kappa shape index (κ3) is 5.28. The van der Waals surface area contributed by atoms with E-state index in [-0.39, 0.29) is 11.3 Å². The first-order valence-corrected chi connectivity index (χ1v) is 12.3. The predicted molar refractivity (Wildman–Crippen MR) is 126 cm³/mol. The molecule has 1 aromatic rings. The fraction of sp³-hybridized carbons (Fsp3) is 0.708. The molecule has 0 aromatic heterocycles. The van der Waals surface area contributed by atoms with Crippen molar-refractivity contribution in [2.45, 2.75) is 84.9 Å². The van der Waals surface area contributed by atoms with Crippen LogP contribution in [0.5, 0.6) is 0 Å². The van der Waals surface area contributed by atoms with Gasteiger partial charge in [-0.3, -0.25) is 4.79 Å². The molecule has 2 N–H and O–H groups in total. The maximum Gasteiger partial charge on any atom is 0.309 e. The van der Waals surface area contributed by atoms with E-state index in [0.717, 1.165) is 17.5 Å². The van der Waals surface area contributed by atoms with Crippen molar-refractivity contribution in [3.63, 3.8) is 0 Å². The number of rotatable bonds is 7. The molecule has 0 spiro atoms. The van der Waals surface area contributed by atoms with Gasteiger partial charge >= 0.3 is 5.97 Å². The average molecular weight is 456 g/mol. The van der Waals surface area contributed by atoms with Gasteiger partial charge in [0.2, 0.25) is 0 Å². The van der Waals surface area contributed by atoms with Crippen molar-refractivity contribution in [3.05, 3.63) is 34.3 Å². The van der Waals surface area contributed by atoms with E-state index >= 15 is 0 Å². The molecular weight excluding hydrogens is 418 g/mol. The molecule has 1 aliphatic carbocycles. The minimum Gasteiger partial charge on any atom is -0.481 e. The summed E-state index contributed by atoms with van der Waals surface area (Å²) in [6.45, 7) is 18.0. The summed E-state index contributed by atoms with van der Waals surface area (Å²) in [6.07, 6.45) is 1.12. The maximum absolute atomic E-state index is 13.0. The highest BCUT2D eigenvalue weighted by Crippen LogP contribution is 2.58. The van der Waals surface area contributed by atoms with Gasteiger partial charge in [-0.25, -0.2) is 8.93 Å². The van der Waals surface area contributed by atoms with Crippen molar-refractivity contribution >= 4 is 28.6 Å². The first kappa shape index (κ1) is 25.4. The lowest BCUT2D eigenvalue weighted by molar-refractivity contribution is -0.146. The number of benzene rings is 1. The van der Waals surface area contributed by atoms with Crippen LogP contribution >= 0.6 is 11.6 Å². The molecule has 0 amide bonds. The normalized spacial score (nSPS) is 23.7. The number of hydrogen-bond donors (Lipinski definition) is 2. The Balaban J connectivity index is 2.50. The molecule has 1 aliphatic rings. The highest BCUT2D eigenvalue weighted by molar-refractivity contribution is 7.84. The van der Waals surface area contributed by atoms with Crippen molar-refractivity contribution in [3.8, 4) is 0 Å². The Kier molecular flexibility index (Phi) is 7.23. The molecule has 4 nitrogen and oxygen atoms in total. The van der Waals surface area contributed by atoms with Gasteiger partial charge in [0.05, 0.1) is 27.2 Å². The van der Waals surface area contributed by atoms with E-state index in [1.807, 2.05) is 59.7 Å². The van der Waals surface area contributed by atoms with E-state index in [9.17, 15) is 14.1 Å². The fourth-order valence-corrected chi connectivity index (χ4v) is 5.75. The second-order valence-electron chi connectivity index (χ2n) is 11.3. The van der Waals surface area contributed by atoms with Gasteiger partial charge in [0.15, 0.2) is 0 Å². The van der Waals surface area contributed by atoms with E-state index < -0.39 is 33.2 Å². The first-order valence-electron chi connectivity index (χ1n) is 10.7. The molecular formula is C24H38ClNO3S. The second-order valence-corrected chi connectivity index (χ2v) is 13.7. The van der Waals surface area contributed by atoms with Gasteiger partial charge in [-0.1, -0.05) is 58.4 Å². The number of carboxylic acid groups (broad SMARTS) is 1. The molecule has 3 unspecified atom stereocenters. The molecule has 0 heterocycles. The molecule has 0 radical (unpaired) electrons. The number of carboxylic acids is 1. The zero-order valence-electron chi connectivity index (χ0n) is 19.8. The predicted octanol–water partition coefficient (Wildman–Crippen LogP) is 6.11. The molecule has 0 saturated heterocycles. The van der Waals surface area contributed by atoms with Crippen molar-refractivity contribution in [2.75, 3.05) is 0 Å². The van der Waals surface area contributed by atoms with Gasteiger partial charge in [-0.2, -0.15) is 0 Å². The minimum absolute atomic E-state index is 0.163. The summed E-state index contributed by atoms with van der Waals surface area (Å²) in [7, 11) is -1.44. The summed E-state index contributed by atoms with van der Waals surface area (Å²) in [4.78, 5) is 12.2. The van der Waals surface area contributed by atoms with Crippen molar-refractivity contribution in [1.29, 1.82) is 0 Å². The van der Waals surface area contributed by atoms with Crippen LogP contribution in [0.15, 0.2) is 18.2 Å². The quantitative estimate of drug-likeness (QED) is 0.520. The second kappa shape index (κ2) is 8.55. The minimum atomic E-state index is -1.44. The maximum atomic E-state index is 13.0. The SMILES string of the molecule is CC(C)C(C(=O)O)C(C)(NS(=O)C(C)(C)C)c1ccc([C@@H]2C[C@H]2C(C)(C)C)c(Cl)c1. The number of aliphatic carboxylic acids is 1. The largest absolute Gasteiger partial charge is 0.481 e. The third-order valence-corrected chi connectivity index (χ3v) is 8.37. The van der Waals surface area contributed by atoms with Crippen LogP contribution in [-0.4, -0.2) is 20.0 Å². The van der Waals surface area contributed by atoms with Crippen LogP contribution in [-0.2, 0) is 21.3 Å². The van der Waals surface area contributed by atoms with Gasteiger partial charge in [0, 0.05) is 5.02 Å². The number of halogens is 1. The van der Waals surface area contributed by atoms with Gasteiger partial charge in [0.1, 0.15) is 0 Å². The van der Waals surface area contributed by atoms with E-state index in [4.69, 9.17) is 11.6 Å². The van der Waals surface area contributed by atoms with Crippen LogP contribution in [0, 0.1) is 23.2 Å². The molecule has 6 heteroatoms. The number of carbonyl (C=O) groups is 1. The van der Waals surface area contributed by atoms with Gasteiger partial charge < -0.3 is 5.11 Å². The fourth-order valence-electron chi connectivity index (χ4n) is 4.49. The summed E-state index contributed by atoms with van der Waals surface area (Å²) in [5.74, 6) is -0.810. The Bertz CT molecular complexity index is 825.